The first-order valence-electron chi connectivity index (χ1n) is 11.2. The molecule has 0 atom stereocenters. The minimum Gasteiger partial charge on any atom is -0.324 e. The molecule has 35 heavy (non-hydrogen) atoms. The summed E-state index contributed by atoms with van der Waals surface area (Å²) in [6, 6.07) is 27.1. The zero-order chi connectivity index (χ0) is 24.8. The van der Waals surface area contributed by atoms with Crippen LogP contribution in [0.4, 0.5) is 11.6 Å². The predicted octanol–water partition coefficient (Wildman–Crippen LogP) is 6.53. The fraction of sp³-hybridized carbons (Fsp3) is 0.103. The number of para-hydroxylation sites is 1. The monoisotopic (exact) mass is 459 g/mol. The Bertz CT molecular complexity index is 1480. The molecular weight excluding hydrogens is 434 g/mol. The number of carbonyl (C=O) groups excluding carboxylic acids is 1. The van der Waals surface area contributed by atoms with Crippen LogP contribution in [0.15, 0.2) is 102 Å². The second-order valence-electron chi connectivity index (χ2n) is 8.29. The summed E-state index contributed by atoms with van der Waals surface area (Å²) in [6.45, 7) is 5.47. The number of allylic oxidation sites excluding steroid dienone is 3. The Kier molecular flexibility index (Phi) is 6.99. The van der Waals surface area contributed by atoms with Crippen LogP contribution in [0, 0.1) is 11.3 Å². The molecule has 6 heteroatoms. The van der Waals surface area contributed by atoms with Gasteiger partial charge in [-0.2, -0.15) is 5.26 Å². The van der Waals surface area contributed by atoms with Gasteiger partial charge in [-0.05, 0) is 57.2 Å². The molecule has 0 saturated heterocycles. The zero-order valence-electron chi connectivity index (χ0n) is 19.8. The molecule has 6 nitrogen and oxygen atoms in total. The molecule has 1 heterocycles. The van der Waals surface area contributed by atoms with E-state index in [0.29, 0.717) is 22.8 Å². The lowest BCUT2D eigenvalue weighted by molar-refractivity contribution is 0.0966. The first-order chi connectivity index (χ1) is 16.9. The molecule has 3 aromatic carbocycles. The SMILES string of the molecule is CC(C)=C(/C=C(\C)C#N)NC(=O)c1ccc(Nc2nc(-c3ccccc3)c3ccccc3n2)cc1. The number of hydrogen-bond acceptors (Lipinski definition) is 5. The maximum atomic E-state index is 12.7. The van der Waals surface area contributed by atoms with Gasteiger partial charge in [0.05, 0.1) is 17.3 Å². The summed E-state index contributed by atoms with van der Waals surface area (Å²) in [5.41, 5.74) is 6.02. The lowest BCUT2D eigenvalue weighted by atomic mass is 10.1. The summed E-state index contributed by atoms with van der Waals surface area (Å²) in [4.78, 5) is 22.2. The van der Waals surface area contributed by atoms with E-state index in [-0.39, 0.29) is 5.91 Å². The Morgan fingerprint density at radius 2 is 1.57 bits per heavy atom. The fourth-order valence-corrected chi connectivity index (χ4v) is 3.53. The number of benzene rings is 3. The summed E-state index contributed by atoms with van der Waals surface area (Å²) in [6.07, 6.45) is 1.67. The van der Waals surface area contributed by atoms with Crippen molar-refractivity contribution in [2.24, 2.45) is 0 Å². The van der Waals surface area contributed by atoms with Crippen molar-refractivity contribution in [2.75, 3.05) is 5.32 Å². The van der Waals surface area contributed by atoms with Crippen LogP contribution >= 0.6 is 0 Å². The van der Waals surface area contributed by atoms with Gasteiger partial charge in [-0.1, -0.05) is 54.1 Å². The third-order valence-corrected chi connectivity index (χ3v) is 5.38. The maximum absolute atomic E-state index is 12.7. The van der Waals surface area contributed by atoms with E-state index in [1.165, 1.54) is 0 Å². The van der Waals surface area contributed by atoms with Crippen molar-refractivity contribution in [2.45, 2.75) is 20.8 Å². The molecule has 172 valence electrons. The van der Waals surface area contributed by atoms with Gasteiger partial charge in [0.2, 0.25) is 5.95 Å². The molecule has 0 fully saturated rings. The fourth-order valence-electron chi connectivity index (χ4n) is 3.53. The van der Waals surface area contributed by atoms with Crippen LogP contribution in [-0.2, 0) is 0 Å². The van der Waals surface area contributed by atoms with Gasteiger partial charge in [-0.25, -0.2) is 9.97 Å². The lowest BCUT2D eigenvalue weighted by Gasteiger charge is -2.12. The number of anilines is 2. The third-order valence-electron chi connectivity index (χ3n) is 5.38. The molecule has 4 rings (SSSR count). The van der Waals surface area contributed by atoms with Crippen molar-refractivity contribution in [1.29, 1.82) is 5.26 Å². The molecular formula is C29H25N5O. The summed E-state index contributed by atoms with van der Waals surface area (Å²) in [5.74, 6) is 0.228. The van der Waals surface area contributed by atoms with E-state index in [1.807, 2.05) is 80.6 Å². The number of amides is 1. The largest absolute Gasteiger partial charge is 0.324 e. The van der Waals surface area contributed by atoms with Crippen molar-refractivity contribution in [3.8, 4) is 17.3 Å². The normalized spacial score (nSPS) is 11.0. The summed E-state index contributed by atoms with van der Waals surface area (Å²) in [7, 11) is 0. The van der Waals surface area contributed by atoms with Crippen LogP contribution in [0.25, 0.3) is 22.2 Å². The van der Waals surface area contributed by atoms with Crippen LogP contribution in [0.3, 0.4) is 0 Å². The number of aromatic nitrogens is 2. The van der Waals surface area contributed by atoms with Crippen LogP contribution < -0.4 is 10.6 Å². The molecule has 1 aromatic heterocycles. The van der Waals surface area contributed by atoms with Crippen LogP contribution in [0.5, 0.6) is 0 Å². The highest BCUT2D eigenvalue weighted by atomic mass is 16.1. The number of carbonyl (C=O) groups is 1. The van der Waals surface area contributed by atoms with E-state index in [0.717, 1.165) is 33.4 Å². The molecule has 0 spiro atoms. The van der Waals surface area contributed by atoms with Crippen molar-refractivity contribution in [1.82, 2.24) is 15.3 Å². The molecule has 0 bridgehead atoms. The molecule has 2 N–H and O–H groups in total. The summed E-state index contributed by atoms with van der Waals surface area (Å²) >= 11 is 0. The quantitative estimate of drug-likeness (QED) is 0.253. The molecule has 0 aliphatic carbocycles. The highest BCUT2D eigenvalue weighted by molar-refractivity contribution is 5.96. The van der Waals surface area contributed by atoms with Crippen molar-refractivity contribution in [3.05, 3.63) is 107 Å². The van der Waals surface area contributed by atoms with Crippen molar-refractivity contribution >= 4 is 28.4 Å². The standard InChI is InChI=1S/C29H25N5O/c1-19(2)26(17-20(3)18-30)32-28(35)22-13-15-23(16-14-22)31-29-33-25-12-8-7-11-24(25)27(34-29)21-9-5-4-6-10-21/h4-17H,1-3H3,(H,32,35)(H,31,33,34)/b20-17+. The Morgan fingerprint density at radius 1 is 0.886 bits per heavy atom. The molecule has 0 aliphatic rings. The smallest absolute Gasteiger partial charge is 0.255 e. The summed E-state index contributed by atoms with van der Waals surface area (Å²) < 4.78 is 0. The van der Waals surface area contributed by atoms with Crippen molar-refractivity contribution in [3.63, 3.8) is 0 Å². The van der Waals surface area contributed by atoms with E-state index in [4.69, 9.17) is 10.2 Å². The number of fused-ring (bicyclic) bond motifs is 1. The van der Waals surface area contributed by atoms with E-state index in [1.54, 1.807) is 25.1 Å². The predicted molar refractivity (Wildman–Crippen MR) is 140 cm³/mol. The van der Waals surface area contributed by atoms with E-state index >= 15 is 0 Å². The van der Waals surface area contributed by atoms with Gasteiger partial charge < -0.3 is 10.6 Å². The molecule has 4 aromatic rings. The average molecular weight is 460 g/mol. The number of nitrogens with zero attached hydrogens (tertiary/aromatic N) is 3. The van der Waals surface area contributed by atoms with E-state index in [2.05, 4.69) is 21.7 Å². The second kappa shape index (κ2) is 10.4. The van der Waals surface area contributed by atoms with Gasteiger partial charge in [-0.3, -0.25) is 4.79 Å². The molecule has 0 aliphatic heterocycles. The van der Waals surface area contributed by atoms with E-state index in [9.17, 15) is 4.79 Å². The third kappa shape index (κ3) is 5.60. The average Bonchev–Trinajstić information content (AvgIpc) is 2.88. The Balaban J connectivity index is 1.57. The first kappa shape index (κ1) is 23.4. The van der Waals surface area contributed by atoms with Crippen molar-refractivity contribution < 1.29 is 4.79 Å². The Labute approximate surface area is 204 Å². The molecule has 0 saturated carbocycles. The minimum absolute atomic E-state index is 0.247. The highest BCUT2D eigenvalue weighted by Crippen LogP contribution is 2.28. The van der Waals surface area contributed by atoms with Gasteiger partial charge >= 0.3 is 0 Å². The number of nitrogens with one attached hydrogen (secondary N) is 2. The van der Waals surface area contributed by atoms with Gasteiger partial charge in [0, 0.05) is 33.5 Å². The zero-order valence-corrected chi connectivity index (χ0v) is 19.8. The maximum Gasteiger partial charge on any atom is 0.255 e. The lowest BCUT2D eigenvalue weighted by Crippen LogP contribution is -2.22. The highest BCUT2D eigenvalue weighted by Gasteiger charge is 2.11. The molecule has 0 radical (unpaired) electrons. The van der Waals surface area contributed by atoms with Crippen LogP contribution in [0.2, 0.25) is 0 Å². The Hall–Kier alpha value is -4.76. The Morgan fingerprint density at radius 3 is 2.26 bits per heavy atom. The van der Waals surface area contributed by atoms with Crippen LogP contribution in [-0.4, -0.2) is 15.9 Å². The molecule has 0 unspecified atom stereocenters. The van der Waals surface area contributed by atoms with Gasteiger partial charge in [0.1, 0.15) is 0 Å². The number of hydrogen-bond donors (Lipinski definition) is 2. The topological polar surface area (TPSA) is 90.7 Å². The van der Waals surface area contributed by atoms with Gasteiger partial charge in [0.15, 0.2) is 0 Å². The second-order valence-corrected chi connectivity index (χ2v) is 8.29. The number of nitriles is 1. The van der Waals surface area contributed by atoms with Crippen LogP contribution in [0.1, 0.15) is 31.1 Å². The molecule has 1 amide bonds. The van der Waals surface area contributed by atoms with Gasteiger partial charge in [0.25, 0.3) is 5.91 Å². The van der Waals surface area contributed by atoms with Gasteiger partial charge in [-0.15, -0.1) is 0 Å². The van der Waals surface area contributed by atoms with E-state index < -0.39 is 0 Å². The summed E-state index contributed by atoms with van der Waals surface area (Å²) in [5, 5.41) is 16.2. The minimum atomic E-state index is -0.247. The first-order valence-corrected chi connectivity index (χ1v) is 11.2. The number of rotatable bonds is 6.